The molecule has 0 unspecified atom stereocenters. The standard InChI is InChI=1S/C16H18N6S/c1-2-12(8-22(7-1)9-13-10-23-11-21-13)14-15(18-4-3-17-14)16-19-5-6-20-16/h3-6,10-12H,1-2,7-9H2,(H,19,20)/t12-/m0/s1. The highest BCUT2D eigenvalue weighted by atomic mass is 32.1. The number of hydrogen-bond acceptors (Lipinski definition) is 6. The van der Waals surface area contributed by atoms with Crippen molar-refractivity contribution in [3.63, 3.8) is 0 Å². The van der Waals surface area contributed by atoms with E-state index in [-0.39, 0.29) is 0 Å². The number of aromatic nitrogens is 5. The van der Waals surface area contributed by atoms with E-state index >= 15 is 0 Å². The lowest BCUT2D eigenvalue weighted by molar-refractivity contribution is 0.197. The van der Waals surface area contributed by atoms with Crippen molar-refractivity contribution in [3.8, 4) is 11.5 Å². The topological polar surface area (TPSA) is 70.6 Å². The highest BCUT2D eigenvalue weighted by Gasteiger charge is 2.26. The van der Waals surface area contributed by atoms with Crippen molar-refractivity contribution in [1.82, 2.24) is 29.8 Å². The zero-order chi connectivity index (χ0) is 15.5. The molecule has 0 spiro atoms. The van der Waals surface area contributed by atoms with Crippen molar-refractivity contribution >= 4 is 11.3 Å². The van der Waals surface area contributed by atoms with Crippen molar-refractivity contribution in [2.45, 2.75) is 25.3 Å². The van der Waals surface area contributed by atoms with Gasteiger partial charge in [-0.1, -0.05) is 0 Å². The van der Waals surface area contributed by atoms with Gasteiger partial charge in [0.1, 0.15) is 5.69 Å². The van der Waals surface area contributed by atoms with Crippen LogP contribution in [0.25, 0.3) is 11.5 Å². The van der Waals surface area contributed by atoms with E-state index in [1.54, 1.807) is 29.9 Å². The average Bonchev–Trinajstić information content (AvgIpc) is 3.29. The lowest BCUT2D eigenvalue weighted by atomic mass is 9.93. The molecule has 1 aliphatic rings. The number of thiazole rings is 1. The van der Waals surface area contributed by atoms with Gasteiger partial charge in [0.25, 0.3) is 0 Å². The van der Waals surface area contributed by atoms with Gasteiger partial charge < -0.3 is 4.98 Å². The van der Waals surface area contributed by atoms with Gasteiger partial charge in [-0.3, -0.25) is 9.88 Å². The van der Waals surface area contributed by atoms with Gasteiger partial charge in [-0.2, -0.15) is 0 Å². The fourth-order valence-electron chi connectivity index (χ4n) is 3.19. The SMILES string of the molecule is c1c[nH]c(-c2nccnc2[C@H]2CCCN(Cc3cscn3)C2)n1. The first-order valence-electron chi connectivity index (χ1n) is 7.80. The van der Waals surface area contributed by atoms with Crippen molar-refractivity contribution < 1.29 is 0 Å². The van der Waals surface area contributed by atoms with E-state index in [0.717, 1.165) is 49.0 Å². The zero-order valence-corrected chi connectivity index (χ0v) is 13.5. The van der Waals surface area contributed by atoms with Crippen molar-refractivity contribution in [1.29, 1.82) is 0 Å². The summed E-state index contributed by atoms with van der Waals surface area (Å²) in [6, 6.07) is 0. The summed E-state index contributed by atoms with van der Waals surface area (Å²) < 4.78 is 0. The Morgan fingerprint density at radius 3 is 2.96 bits per heavy atom. The van der Waals surface area contributed by atoms with E-state index in [4.69, 9.17) is 0 Å². The summed E-state index contributed by atoms with van der Waals surface area (Å²) in [5.74, 6) is 1.18. The third-order valence-corrected chi connectivity index (χ3v) is 4.85. The van der Waals surface area contributed by atoms with Crippen molar-refractivity contribution in [2.24, 2.45) is 0 Å². The van der Waals surface area contributed by atoms with Crippen LogP contribution in [0.3, 0.4) is 0 Å². The molecule has 1 N–H and O–H groups in total. The van der Waals surface area contributed by atoms with Crippen LogP contribution in [0.4, 0.5) is 0 Å². The zero-order valence-electron chi connectivity index (χ0n) is 12.7. The average molecular weight is 326 g/mol. The van der Waals surface area contributed by atoms with Crippen LogP contribution in [0.1, 0.15) is 30.1 Å². The summed E-state index contributed by atoms with van der Waals surface area (Å²) >= 11 is 1.65. The van der Waals surface area contributed by atoms with Crippen LogP contribution < -0.4 is 0 Å². The van der Waals surface area contributed by atoms with Crippen LogP contribution in [-0.2, 0) is 6.54 Å². The van der Waals surface area contributed by atoms with Crippen LogP contribution in [0.2, 0.25) is 0 Å². The van der Waals surface area contributed by atoms with Gasteiger partial charge in [0.05, 0.1) is 16.9 Å². The Kier molecular flexibility index (Phi) is 4.12. The first kappa shape index (κ1) is 14.5. The molecule has 0 aromatic carbocycles. The highest BCUT2D eigenvalue weighted by Crippen LogP contribution is 2.30. The van der Waals surface area contributed by atoms with E-state index in [2.05, 4.69) is 35.2 Å². The molecule has 1 atom stereocenters. The number of aromatic amines is 1. The quantitative estimate of drug-likeness (QED) is 0.798. The Labute approximate surface area is 138 Å². The summed E-state index contributed by atoms with van der Waals surface area (Å²) in [7, 11) is 0. The second kappa shape index (κ2) is 6.55. The number of nitrogens with zero attached hydrogens (tertiary/aromatic N) is 5. The molecule has 7 heteroatoms. The smallest absolute Gasteiger partial charge is 0.157 e. The van der Waals surface area contributed by atoms with E-state index in [1.807, 2.05) is 11.7 Å². The van der Waals surface area contributed by atoms with Gasteiger partial charge in [-0.25, -0.2) is 15.0 Å². The fraction of sp³-hybridized carbons (Fsp3) is 0.375. The molecule has 1 saturated heterocycles. The normalized spacial score (nSPS) is 19.0. The summed E-state index contributed by atoms with van der Waals surface area (Å²) in [5, 5.41) is 2.13. The molecule has 118 valence electrons. The van der Waals surface area contributed by atoms with Crippen LogP contribution in [0, 0.1) is 0 Å². The molecular weight excluding hydrogens is 308 g/mol. The van der Waals surface area contributed by atoms with Gasteiger partial charge in [0, 0.05) is 49.2 Å². The number of rotatable bonds is 4. The van der Waals surface area contributed by atoms with Gasteiger partial charge in [0.2, 0.25) is 0 Å². The summed E-state index contributed by atoms with van der Waals surface area (Å²) in [6.45, 7) is 3.02. The summed E-state index contributed by atoms with van der Waals surface area (Å²) in [6.07, 6.45) is 9.40. The van der Waals surface area contributed by atoms with Gasteiger partial charge >= 0.3 is 0 Å². The van der Waals surface area contributed by atoms with Crippen LogP contribution in [0.5, 0.6) is 0 Å². The number of H-pyrrole nitrogens is 1. The Morgan fingerprint density at radius 1 is 1.17 bits per heavy atom. The minimum atomic E-state index is 0.385. The predicted octanol–water partition coefficient (Wildman–Crippen LogP) is 2.70. The molecule has 4 heterocycles. The number of likely N-dealkylation sites (tertiary alicyclic amines) is 1. The third-order valence-electron chi connectivity index (χ3n) is 4.21. The van der Waals surface area contributed by atoms with Crippen LogP contribution in [0.15, 0.2) is 35.7 Å². The molecule has 0 radical (unpaired) electrons. The molecule has 4 rings (SSSR count). The Hall–Kier alpha value is -2.12. The van der Waals surface area contributed by atoms with Gasteiger partial charge in [0.15, 0.2) is 5.82 Å². The maximum atomic E-state index is 4.63. The molecule has 3 aromatic heterocycles. The molecular formula is C16H18N6S. The molecule has 1 aliphatic heterocycles. The Balaban J connectivity index is 1.56. The molecule has 0 saturated carbocycles. The first-order chi connectivity index (χ1) is 11.4. The fourth-order valence-corrected chi connectivity index (χ4v) is 3.74. The highest BCUT2D eigenvalue weighted by molar-refractivity contribution is 7.07. The third kappa shape index (κ3) is 3.16. The van der Waals surface area contributed by atoms with E-state index in [9.17, 15) is 0 Å². The maximum Gasteiger partial charge on any atom is 0.157 e. The second-order valence-corrected chi connectivity index (χ2v) is 6.50. The van der Waals surface area contributed by atoms with Crippen LogP contribution in [-0.4, -0.2) is 42.9 Å². The summed E-state index contributed by atoms with van der Waals surface area (Å²) in [5.41, 5.74) is 4.97. The molecule has 6 nitrogen and oxygen atoms in total. The Morgan fingerprint density at radius 2 is 2.13 bits per heavy atom. The lowest BCUT2D eigenvalue weighted by Crippen LogP contribution is -2.34. The van der Waals surface area contributed by atoms with Crippen LogP contribution >= 0.6 is 11.3 Å². The number of imidazole rings is 1. The van der Waals surface area contributed by atoms with E-state index in [0.29, 0.717) is 5.92 Å². The second-order valence-electron chi connectivity index (χ2n) is 5.78. The monoisotopic (exact) mass is 326 g/mol. The first-order valence-corrected chi connectivity index (χ1v) is 8.74. The molecule has 0 amide bonds. The molecule has 0 bridgehead atoms. The number of piperidine rings is 1. The molecule has 1 fully saturated rings. The number of nitrogens with one attached hydrogen (secondary N) is 1. The van der Waals surface area contributed by atoms with Gasteiger partial charge in [-0.15, -0.1) is 11.3 Å². The minimum Gasteiger partial charge on any atom is -0.343 e. The molecule has 3 aromatic rings. The summed E-state index contributed by atoms with van der Waals surface area (Å²) in [4.78, 5) is 23.5. The predicted molar refractivity (Wildman–Crippen MR) is 89.0 cm³/mol. The number of hydrogen-bond donors (Lipinski definition) is 1. The largest absolute Gasteiger partial charge is 0.343 e. The van der Waals surface area contributed by atoms with Crippen molar-refractivity contribution in [2.75, 3.05) is 13.1 Å². The van der Waals surface area contributed by atoms with E-state index < -0.39 is 0 Å². The maximum absolute atomic E-state index is 4.63. The van der Waals surface area contributed by atoms with E-state index in [1.165, 1.54) is 6.42 Å². The minimum absolute atomic E-state index is 0.385. The molecule has 23 heavy (non-hydrogen) atoms. The molecule has 0 aliphatic carbocycles. The van der Waals surface area contributed by atoms with Gasteiger partial charge in [-0.05, 0) is 19.4 Å². The lowest BCUT2D eigenvalue weighted by Gasteiger charge is -2.32. The Bertz CT molecular complexity index is 740. The van der Waals surface area contributed by atoms with Crippen molar-refractivity contribution in [3.05, 3.63) is 47.1 Å².